The van der Waals surface area contributed by atoms with Gasteiger partial charge in [0.05, 0.1) is 6.10 Å². The van der Waals surface area contributed by atoms with E-state index in [2.05, 4.69) is 9.05 Å². The van der Waals surface area contributed by atoms with Crippen LogP contribution in [-0.4, -0.2) is 17.6 Å². The van der Waals surface area contributed by atoms with Crippen LogP contribution < -0.4 is 14.1 Å². The molecule has 0 radical (unpaired) electrons. The van der Waals surface area contributed by atoms with Crippen LogP contribution in [0.2, 0.25) is 0 Å². The van der Waals surface area contributed by atoms with Crippen molar-refractivity contribution in [1.82, 2.24) is 5.09 Å². The molecule has 0 bridgehead atoms. The first-order valence-electron chi connectivity index (χ1n) is 9.37. The Hall–Kier alpha value is -3.00. The summed E-state index contributed by atoms with van der Waals surface area (Å²) in [5.74, 6) is -32.9. The minimum atomic E-state index is -6.02. The molecule has 0 fully saturated rings. The zero-order valence-electron chi connectivity index (χ0n) is 18.3. The molecule has 0 unspecified atom stereocenters. The fraction of sp³-hybridized carbons (Fsp3) is 0.316. The van der Waals surface area contributed by atoms with Gasteiger partial charge in [-0.3, -0.25) is 4.79 Å². The quantitative estimate of drug-likeness (QED) is 0.142. The molecule has 0 saturated carbocycles. The fourth-order valence-corrected chi connectivity index (χ4v) is 4.09. The number of carbonyl (C=O) groups is 1. The molecule has 2 aromatic rings. The lowest BCUT2D eigenvalue weighted by molar-refractivity contribution is -0.153. The highest BCUT2D eigenvalue weighted by molar-refractivity contribution is 7.52. The fourth-order valence-electron chi connectivity index (χ4n) is 2.38. The van der Waals surface area contributed by atoms with Gasteiger partial charge in [0, 0.05) is 0 Å². The Morgan fingerprint density at radius 1 is 0.667 bits per heavy atom. The Labute approximate surface area is 195 Å². The predicted octanol–water partition coefficient (Wildman–Crippen LogP) is 5.96. The monoisotopic (exact) mass is 557 g/mol. The summed E-state index contributed by atoms with van der Waals surface area (Å²) in [7, 11) is -6.02. The summed E-state index contributed by atoms with van der Waals surface area (Å²) in [6, 6.07) is 0. The average Bonchev–Trinajstić information content (AvgIpc) is 2.78. The van der Waals surface area contributed by atoms with Gasteiger partial charge in [0.25, 0.3) is 0 Å². The van der Waals surface area contributed by atoms with E-state index >= 15 is 0 Å². The molecule has 36 heavy (non-hydrogen) atoms. The van der Waals surface area contributed by atoms with Gasteiger partial charge < -0.3 is 13.8 Å². The molecule has 0 aliphatic rings. The first kappa shape index (κ1) is 29.2. The van der Waals surface area contributed by atoms with Crippen molar-refractivity contribution in [3.63, 3.8) is 0 Å². The molecule has 6 nitrogen and oxygen atoms in total. The van der Waals surface area contributed by atoms with E-state index in [0.29, 0.717) is 0 Å². The second-order valence-electron chi connectivity index (χ2n) is 7.67. The highest BCUT2D eigenvalue weighted by Crippen LogP contribution is 2.50. The molecule has 200 valence electrons. The van der Waals surface area contributed by atoms with Crippen molar-refractivity contribution < 1.29 is 67.0 Å². The maximum atomic E-state index is 14.1. The molecule has 0 heterocycles. The molecule has 0 aromatic heterocycles. The molecule has 0 aliphatic heterocycles. The summed E-state index contributed by atoms with van der Waals surface area (Å²) in [6.07, 6.45) is -0.842. The van der Waals surface area contributed by atoms with Gasteiger partial charge in [-0.2, -0.15) is 22.6 Å². The number of benzene rings is 2. The number of carbonyl (C=O) groups excluding carboxylic acids is 1. The van der Waals surface area contributed by atoms with Crippen molar-refractivity contribution in [3.8, 4) is 11.5 Å². The Morgan fingerprint density at radius 2 is 0.944 bits per heavy atom. The van der Waals surface area contributed by atoms with Crippen molar-refractivity contribution in [2.75, 3.05) is 0 Å². The van der Waals surface area contributed by atoms with Crippen molar-refractivity contribution in [2.45, 2.75) is 39.3 Å². The predicted molar refractivity (Wildman–Crippen MR) is 99.8 cm³/mol. The van der Waals surface area contributed by atoms with Gasteiger partial charge in [-0.25, -0.2) is 30.9 Å². The molecule has 17 heteroatoms. The maximum Gasteiger partial charge on any atom is 0.514 e. The average molecular weight is 557 g/mol. The van der Waals surface area contributed by atoms with E-state index in [0.717, 1.165) is 13.8 Å². The summed E-state index contributed by atoms with van der Waals surface area (Å²) in [5, 5.41) is 1.58. The molecule has 0 amide bonds. The number of esters is 1. The Kier molecular flexibility index (Phi) is 8.25. The highest BCUT2D eigenvalue weighted by Gasteiger charge is 2.45. The van der Waals surface area contributed by atoms with E-state index in [9.17, 15) is 53.3 Å². The number of halogens is 10. The Bertz CT molecular complexity index is 1140. The van der Waals surface area contributed by atoms with Gasteiger partial charge in [0.15, 0.2) is 0 Å². The lowest BCUT2D eigenvalue weighted by Crippen LogP contribution is -2.48. The minimum absolute atomic E-state index is 0.828. The SMILES string of the molecule is CC(C)OC(=O)C(C)(C)NP(=O)(Oc1c(F)c(F)c(F)c(F)c1F)Oc1c(F)c(F)c(F)c(F)c1F. The molecule has 1 N–H and O–H groups in total. The third kappa shape index (κ3) is 5.53. The first-order chi connectivity index (χ1) is 16.3. The number of rotatable bonds is 8. The lowest BCUT2D eigenvalue weighted by atomic mass is 10.1. The largest absolute Gasteiger partial charge is 0.514 e. The summed E-state index contributed by atoms with van der Waals surface area (Å²) < 4.78 is 164. The lowest BCUT2D eigenvalue weighted by Gasteiger charge is -2.30. The van der Waals surface area contributed by atoms with Gasteiger partial charge in [-0.1, -0.05) is 0 Å². The van der Waals surface area contributed by atoms with Crippen LogP contribution in [0.15, 0.2) is 0 Å². The zero-order chi connectivity index (χ0) is 27.9. The normalized spacial score (nSPS) is 12.2. The van der Waals surface area contributed by atoms with Crippen LogP contribution in [0.25, 0.3) is 0 Å². The van der Waals surface area contributed by atoms with Crippen LogP contribution in [0.1, 0.15) is 27.7 Å². The van der Waals surface area contributed by atoms with Crippen LogP contribution in [0.4, 0.5) is 43.9 Å². The second-order valence-corrected chi connectivity index (χ2v) is 9.25. The number of hydrogen-bond donors (Lipinski definition) is 1. The van der Waals surface area contributed by atoms with Gasteiger partial charge in [0.2, 0.25) is 69.7 Å². The second kappa shape index (κ2) is 10.2. The number of nitrogens with one attached hydrogen (secondary N) is 1. The van der Waals surface area contributed by atoms with E-state index in [1.165, 1.54) is 13.8 Å². The summed E-state index contributed by atoms with van der Waals surface area (Å²) >= 11 is 0. The van der Waals surface area contributed by atoms with Crippen LogP contribution in [0.3, 0.4) is 0 Å². The molecule has 0 aliphatic carbocycles. The number of ether oxygens (including phenoxy) is 1. The third-order valence-corrected chi connectivity index (χ3v) is 5.71. The van der Waals surface area contributed by atoms with E-state index in [1.54, 1.807) is 5.09 Å². The topological polar surface area (TPSA) is 73.9 Å². The first-order valence-corrected chi connectivity index (χ1v) is 10.9. The van der Waals surface area contributed by atoms with Gasteiger partial charge in [0.1, 0.15) is 5.54 Å². The molecular weight excluding hydrogens is 543 g/mol. The zero-order valence-corrected chi connectivity index (χ0v) is 19.2. The molecule has 2 aromatic carbocycles. The summed E-state index contributed by atoms with van der Waals surface area (Å²) in [6.45, 7) is 4.33. The number of hydrogen-bond acceptors (Lipinski definition) is 5. The maximum absolute atomic E-state index is 14.1. The Balaban J connectivity index is 2.73. The molecule has 2 rings (SSSR count). The van der Waals surface area contributed by atoms with Crippen molar-refractivity contribution in [3.05, 3.63) is 58.2 Å². The standard InChI is InChI=1S/C19H14F10NO5P/c1-5(2)33-18(31)19(3,4)30-36(32,34-16-12(26)8(22)6(20)9(23)13(16)27)35-17-14(28)10(24)7(21)11(25)15(17)29/h5H,1-4H3,(H,30,32). The summed E-state index contributed by atoms with van der Waals surface area (Å²) in [4.78, 5) is 12.3. The molecule has 0 spiro atoms. The van der Waals surface area contributed by atoms with E-state index in [-0.39, 0.29) is 0 Å². The van der Waals surface area contributed by atoms with Gasteiger partial charge >= 0.3 is 13.7 Å². The molecule has 0 atom stereocenters. The minimum Gasteiger partial charge on any atom is -0.462 e. The van der Waals surface area contributed by atoms with Gasteiger partial charge in [-0.05, 0) is 27.7 Å². The van der Waals surface area contributed by atoms with Crippen LogP contribution in [-0.2, 0) is 14.1 Å². The Morgan fingerprint density at radius 3 is 1.22 bits per heavy atom. The van der Waals surface area contributed by atoms with Crippen LogP contribution in [0.5, 0.6) is 11.5 Å². The van der Waals surface area contributed by atoms with Crippen molar-refractivity contribution >= 4 is 13.7 Å². The smallest absolute Gasteiger partial charge is 0.462 e. The van der Waals surface area contributed by atoms with Gasteiger partial charge in [-0.15, -0.1) is 0 Å². The van der Waals surface area contributed by atoms with Crippen LogP contribution in [0, 0.1) is 58.2 Å². The summed E-state index contributed by atoms with van der Waals surface area (Å²) in [5.41, 5.74) is -2.35. The van der Waals surface area contributed by atoms with Crippen molar-refractivity contribution in [2.24, 2.45) is 0 Å². The van der Waals surface area contributed by atoms with E-state index in [4.69, 9.17) is 4.74 Å². The van der Waals surface area contributed by atoms with Crippen LogP contribution >= 0.6 is 7.75 Å². The molecular formula is C19H14F10NO5P. The highest BCUT2D eigenvalue weighted by atomic mass is 31.2. The third-order valence-electron chi connectivity index (χ3n) is 4.03. The van der Waals surface area contributed by atoms with Crippen molar-refractivity contribution in [1.29, 1.82) is 0 Å². The molecule has 0 saturated heterocycles. The van der Waals surface area contributed by atoms with E-state index < -0.39 is 95.0 Å². The van der Waals surface area contributed by atoms with E-state index in [1.807, 2.05) is 0 Å².